The molecule has 3 heteroatoms. The monoisotopic (exact) mass is 494 g/mol. The zero-order valence-corrected chi connectivity index (χ0v) is 22.6. The second-order valence-corrected chi connectivity index (χ2v) is 9.78. The Morgan fingerprint density at radius 2 is 1.10 bits per heavy atom. The number of benzene rings is 1. The van der Waals surface area contributed by atoms with Crippen LogP contribution in [0.2, 0.25) is 0 Å². The first-order valence-electron chi connectivity index (χ1n) is 13.0. The van der Waals surface area contributed by atoms with Gasteiger partial charge in [0.15, 0.2) is 0 Å². The summed E-state index contributed by atoms with van der Waals surface area (Å²) in [6, 6.07) is 10.4. The normalized spacial score (nSPS) is 11.7. The first kappa shape index (κ1) is 30.3. The number of halogens is 1. The summed E-state index contributed by atoms with van der Waals surface area (Å²) in [7, 11) is 4.76. The quantitative estimate of drug-likeness (QED) is 0.136. The number of quaternary nitrogens is 1. The predicted octanol–water partition coefficient (Wildman–Crippen LogP) is 5.06. The van der Waals surface area contributed by atoms with Gasteiger partial charge in [0.05, 0.1) is 27.2 Å². The van der Waals surface area contributed by atoms with Crippen molar-refractivity contribution >= 4 is 6.21 Å². The van der Waals surface area contributed by atoms with Crippen LogP contribution in [-0.4, -0.2) is 44.4 Å². The van der Waals surface area contributed by atoms with Gasteiger partial charge in [-0.1, -0.05) is 114 Å². The van der Waals surface area contributed by atoms with Gasteiger partial charge >= 0.3 is 0 Å². The summed E-state index contributed by atoms with van der Waals surface area (Å²) in [6.07, 6.45) is 23.3. The van der Waals surface area contributed by atoms with Gasteiger partial charge in [-0.3, -0.25) is 4.99 Å². The molecule has 0 atom stereocenters. The molecule has 0 spiro atoms. The Balaban J connectivity index is 0.00000900. The van der Waals surface area contributed by atoms with E-state index in [1.54, 1.807) is 0 Å². The van der Waals surface area contributed by atoms with E-state index in [2.05, 4.69) is 56.3 Å². The third-order valence-electron chi connectivity index (χ3n) is 6.21. The van der Waals surface area contributed by atoms with E-state index < -0.39 is 0 Å². The largest absolute Gasteiger partial charge is 1.00 e. The van der Waals surface area contributed by atoms with E-state index in [0.29, 0.717) is 0 Å². The van der Waals surface area contributed by atoms with Gasteiger partial charge in [0.1, 0.15) is 0 Å². The van der Waals surface area contributed by atoms with Crippen molar-refractivity contribution in [1.82, 2.24) is 0 Å². The fourth-order valence-electron chi connectivity index (χ4n) is 4.15. The van der Waals surface area contributed by atoms with E-state index in [4.69, 9.17) is 0 Å². The Labute approximate surface area is 205 Å². The lowest BCUT2D eigenvalue weighted by Gasteiger charge is -2.29. The molecule has 0 aliphatic heterocycles. The van der Waals surface area contributed by atoms with Crippen molar-refractivity contribution in [3.8, 4) is 0 Å². The van der Waals surface area contributed by atoms with E-state index in [0.717, 1.165) is 11.0 Å². The van der Waals surface area contributed by atoms with Gasteiger partial charge in [0.2, 0.25) is 0 Å². The van der Waals surface area contributed by atoms with Gasteiger partial charge in [0.25, 0.3) is 0 Å². The molecule has 0 N–H and O–H groups in total. The van der Waals surface area contributed by atoms with Crippen molar-refractivity contribution in [2.45, 2.75) is 103 Å². The summed E-state index contributed by atoms with van der Waals surface area (Å²) >= 11 is 0. The molecule has 180 valence electrons. The van der Waals surface area contributed by atoms with Crippen molar-refractivity contribution in [2.75, 3.05) is 33.7 Å². The summed E-state index contributed by atoms with van der Waals surface area (Å²) in [4.78, 5) is 4.58. The number of rotatable bonds is 20. The molecule has 1 aromatic rings. The number of hydrogen-bond donors (Lipinski definition) is 0. The Morgan fingerprint density at radius 1 is 0.645 bits per heavy atom. The molecule has 0 saturated carbocycles. The van der Waals surface area contributed by atoms with Crippen LogP contribution in [0.4, 0.5) is 0 Å². The summed E-state index contributed by atoms with van der Waals surface area (Å²) in [5.74, 6) is 0. The molecule has 1 rings (SSSR count). The molecule has 0 fully saturated rings. The third-order valence-corrected chi connectivity index (χ3v) is 6.21. The molecule has 0 bridgehead atoms. The molecule has 0 radical (unpaired) electrons. The molecule has 0 aliphatic rings. The van der Waals surface area contributed by atoms with Crippen LogP contribution in [0.1, 0.15) is 109 Å². The van der Waals surface area contributed by atoms with Gasteiger partial charge < -0.3 is 21.5 Å². The van der Waals surface area contributed by atoms with Crippen molar-refractivity contribution in [3.05, 3.63) is 35.9 Å². The molecular formula is C28H51BrN2. The van der Waals surface area contributed by atoms with Crippen LogP contribution in [0.5, 0.6) is 0 Å². The highest BCUT2D eigenvalue weighted by Crippen LogP contribution is 2.13. The van der Waals surface area contributed by atoms with Crippen molar-refractivity contribution in [3.63, 3.8) is 0 Å². The number of nitrogens with zero attached hydrogens (tertiary/aromatic N) is 2. The second-order valence-electron chi connectivity index (χ2n) is 9.78. The zero-order chi connectivity index (χ0) is 21.8. The topological polar surface area (TPSA) is 12.4 Å². The minimum Gasteiger partial charge on any atom is -1.00 e. The van der Waals surface area contributed by atoms with Gasteiger partial charge in [-0.15, -0.1) is 0 Å². The summed E-state index contributed by atoms with van der Waals surface area (Å²) in [5, 5.41) is 0. The summed E-state index contributed by atoms with van der Waals surface area (Å²) < 4.78 is 1.14. The fourth-order valence-corrected chi connectivity index (χ4v) is 4.15. The lowest BCUT2D eigenvalue weighted by molar-refractivity contribution is -0.890. The van der Waals surface area contributed by atoms with Gasteiger partial charge in [-0.25, -0.2) is 0 Å². The Kier molecular flexibility index (Phi) is 20.7. The smallest absolute Gasteiger partial charge is 0.0800 e. The lowest BCUT2D eigenvalue weighted by Crippen LogP contribution is -3.00. The highest BCUT2D eigenvalue weighted by molar-refractivity contribution is 5.79. The van der Waals surface area contributed by atoms with Crippen LogP contribution in [0.25, 0.3) is 0 Å². The number of hydrogen-bond acceptors (Lipinski definition) is 1. The second kappa shape index (κ2) is 21.2. The standard InChI is InChI=1S/C28H51N2.BrH/c1-4-5-6-7-8-9-10-11-12-13-14-15-16-20-25-30(2,3)26-21-24-29-27-28-22-18-17-19-23-28;/h17-19,22-23,27H,4-16,20-21,24-26H2,1-3H3;1H/q+1;/p-1. The third kappa shape index (κ3) is 19.7. The zero-order valence-electron chi connectivity index (χ0n) is 21.0. The molecule has 0 unspecified atom stereocenters. The Bertz CT molecular complexity index is 513. The van der Waals surface area contributed by atoms with Crippen molar-refractivity contribution in [2.24, 2.45) is 4.99 Å². The van der Waals surface area contributed by atoms with Crippen LogP contribution in [0, 0.1) is 0 Å². The molecular weight excluding hydrogens is 444 g/mol. The Morgan fingerprint density at radius 3 is 1.61 bits per heavy atom. The highest BCUT2D eigenvalue weighted by atomic mass is 79.9. The maximum absolute atomic E-state index is 4.58. The van der Waals surface area contributed by atoms with Gasteiger partial charge in [-0.2, -0.15) is 0 Å². The van der Waals surface area contributed by atoms with E-state index in [1.165, 1.54) is 115 Å². The number of aliphatic imine (C=N–C) groups is 1. The Hall–Kier alpha value is -0.670. The molecule has 0 saturated heterocycles. The van der Waals surface area contributed by atoms with Crippen LogP contribution in [-0.2, 0) is 0 Å². The first-order valence-corrected chi connectivity index (χ1v) is 13.0. The first-order chi connectivity index (χ1) is 14.6. The maximum atomic E-state index is 4.58. The van der Waals surface area contributed by atoms with Crippen molar-refractivity contribution < 1.29 is 21.5 Å². The van der Waals surface area contributed by atoms with Crippen LogP contribution in [0.15, 0.2) is 35.3 Å². The molecule has 0 amide bonds. The number of unbranched alkanes of at least 4 members (excludes halogenated alkanes) is 13. The van der Waals surface area contributed by atoms with E-state index in [9.17, 15) is 0 Å². The molecule has 0 heterocycles. The lowest BCUT2D eigenvalue weighted by atomic mass is 10.0. The molecule has 31 heavy (non-hydrogen) atoms. The average molecular weight is 496 g/mol. The molecule has 2 nitrogen and oxygen atoms in total. The SMILES string of the molecule is CCCCCCCCCCCCCCCC[N+](C)(C)CCCN=Cc1ccccc1.[Br-]. The maximum Gasteiger partial charge on any atom is 0.0800 e. The van der Waals surface area contributed by atoms with Crippen LogP contribution in [0.3, 0.4) is 0 Å². The minimum atomic E-state index is 0. The van der Waals surface area contributed by atoms with Gasteiger partial charge in [-0.05, 0) is 18.4 Å². The van der Waals surface area contributed by atoms with Crippen LogP contribution >= 0.6 is 0 Å². The predicted molar refractivity (Wildman–Crippen MR) is 136 cm³/mol. The van der Waals surface area contributed by atoms with Crippen LogP contribution < -0.4 is 17.0 Å². The molecule has 0 aliphatic carbocycles. The minimum absolute atomic E-state index is 0. The summed E-state index contributed by atoms with van der Waals surface area (Å²) in [5.41, 5.74) is 1.20. The summed E-state index contributed by atoms with van der Waals surface area (Å²) in [6.45, 7) is 5.77. The van der Waals surface area contributed by atoms with Gasteiger partial charge in [0, 0.05) is 19.2 Å². The molecule has 1 aromatic carbocycles. The highest BCUT2D eigenvalue weighted by Gasteiger charge is 2.13. The van der Waals surface area contributed by atoms with Crippen molar-refractivity contribution in [1.29, 1.82) is 0 Å². The van der Waals surface area contributed by atoms with E-state index in [1.807, 2.05) is 6.21 Å². The fraction of sp³-hybridized carbons (Fsp3) is 0.750. The average Bonchev–Trinajstić information content (AvgIpc) is 2.74. The van der Waals surface area contributed by atoms with E-state index in [-0.39, 0.29) is 17.0 Å². The van der Waals surface area contributed by atoms with E-state index >= 15 is 0 Å². The molecule has 0 aromatic heterocycles.